The van der Waals surface area contributed by atoms with Crippen LogP contribution in [-0.4, -0.2) is 51.9 Å². The molecule has 0 saturated heterocycles. The number of amides is 2. The Morgan fingerprint density at radius 1 is 1.11 bits per heavy atom. The molecule has 0 aliphatic rings. The van der Waals surface area contributed by atoms with Gasteiger partial charge in [0.1, 0.15) is 10.7 Å². The predicted molar refractivity (Wildman–Crippen MR) is 140 cm³/mol. The van der Waals surface area contributed by atoms with E-state index in [-0.39, 0.29) is 29.5 Å². The maximum absolute atomic E-state index is 12.8. The van der Waals surface area contributed by atoms with E-state index in [9.17, 15) is 19.5 Å². The number of aromatic nitrogens is 1. The smallest absolute Gasteiger partial charge is 0.303 e. The van der Waals surface area contributed by atoms with Crippen LogP contribution in [0.5, 0.6) is 0 Å². The van der Waals surface area contributed by atoms with Crippen molar-refractivity contribution in [2.45, 2.75) is 78.7 Å². The van der Waals surface area contributed by atoms with E-state index in [1.165, 1.54) is 18.3 Å². The van der Waals surface area contributed by atoms with E-state index in [0.29, 0.717) is 23.4 Å². The van der Waals surface area contributed by atoms with Gasteiger partial charge in [0.05, 0.1) is 12.1 Å². The second-order valence-corrected chi connectivity index (χ2v) is 10.8. The van der Waals surface area contributed by atoms with Gasteiger partial charge in [-0.2, -0.15) is 0 Å². The third-order valence-electron chi connectivity index (χ3n) is 6.01. The Morgan fingerprint density at radius 3 is 2.31 bits per heavy atom. The number of nitrogens with one attached hydrogen (secondary N) is 1. The van der Waals surface area contributed by atoms with E-state index < -0.39 is 30.1 Å². The third kappa shape index (κ3) is 8.41. The van der Waals surface area contributed by atoms with E-state index in [1.54, 1.807) is 36.4 Å². The van der Waals surface area contributed by atoms with Crippen LogP contribution in [-0.2, 0) is 14.3 Å². The van der Waals surface area contributed by atoms with Crippen molar-refractivity contribution in [3.63, 3.8) is 0 Å². The first-order valence-electron chi connectivity index (χ1n) is 12.3. The van der Waals surface area contributed by atoms with Crippen molar-refractivity contribution in [2.24, 2.45) is 11.8 Å². The minimum atomic E-state index is -0.868. The number of aliphatic hydroxyl groups excluding tert-OH is 1. The van der Waals surface area contributed by atoms with Crippen LogP contribution in [0.1, 0.15) is 87.7 Å². The molecule has 0 aliphatic carbocycles. The average molecular weight is 518 g/mol. The molecule has 1 aromatic carbocycles. The number of rotatable bonds is 12. The van der Waals surface area contributed by atoms with Gasteiger partial charge in [-0.25, -0.2) is 4.98 Å². The zero-order chi connectivity index (χ0) is 27.0. The number of hydrogen-bond donors (Lipinski definition) is 2. The highest BCUT2D eigenvalue weighted by Gasteiger charge is 2.31. The highest BCUT2D eigenvalue weighted by molar-refractivity contribution is 7.09. The molecular weight excluding hydrogens is 478 g/mol. The molecule has 36 heavy (non-hydrogen) atoms. The number of ether oxygens (including phenoxy) is 1. The van der Waals surface area contributed by atoms with Crippen molar-refractivity contribution in [3.8, 4) is 0 Å². The molecule has 4 atom stereocenters. The quantitative estimate of drug-likeness (QED) is 0.401. The Hall–Kier alpha value is -2.78. The summed E-state index contributed by atoms with van der Waals surface area (Å²) in [4.78, 5) is 43.6. The van der Waals surface area contributed by atoms with Crippen molar-refractivity contribution in [3.05, 3.63) is 52.0 Å². The zero-order valence-electron chi connectivity index (χ0n) is 22.2. The van der Waals surface area contributed by atoms with E-state index >= 15 is 0 Å². The van der Waals surface area contributed by atoms with E-state index in [2.05, 4.69) is 10.3 Å². The fourth-order valence-electron chi connectivity index (χ4n) is 4.01. The Balaban J connectivity index is 2.17. The second-order valence-electron chi connectivity index (χ2n) is 9.94. The number of esters is 1. The van der Waals surface area contributed by atoms with Gasteiger partial charge in [-0.15, -0.1) is 11.3 Å². The average Bonchev–Trinajstić information content (AvgIpc) is 3.31. The van der Waals surface area contributed by atoms with Crippen molar-refractivity contribution in [2.75, 3.05) is 7.05 Å². The topological polar surface area (TPSA) is 109 Å². The molecule has 0 saturated carbocycles. The van der Waals surface area contributed by atoms with Gasteiger partial charge in [-0.05, 0) is 24.3 Å². The summed E-state index contributed by atoms with van der Waals surface area (Å²) in [7, 11) is 1.78. The lowest BCUT2D eigenvalue weighted by Gasteiger charge is -2.34. The molecule has 1 aromatic heterocycles. The van der Waals surface area contributed by atoms with Gasteiger partial charge in [0.15, 0.2) is 6.10 Å². The van der Waals surface area contributed by atoms with Gasteiger partial charge >= 0.3 is 5.97 Å². The van der Waals surface area contributed by atoms with Crippen LogP contribution in [0.3, 0.4) is 0 Å². The van der Waals surface area contributed by atoms with E-state index in [1.807, 2.05) is 45.9 Å². The SMILES string of the molecule is CC(=O)OC(CC(C(C)C)N(C)C(=O)CC(C)C)c1nc(C(=O)NC(C)C(O)c2ccccc2)cs1. The molecule has 2 N–H and O–H groups in total. The predicted octanol–water partition coefficient (Wildman–Crippen LogP) is 4.52. The first-order chi connectivity index (χ1) is 16.9. The first kappa shape index (κ1) is 29.5. The standard InChI is InChI=1S/C27H39N3O5S/c1-16(2)13-24(32)30(7)22(17(3)4)14-23(35-19(6)31)27-29-21(15-36-27)26(34)28-18(5)25(33)20-11-9-8-10-12-20/h8-12,15-18,22-23,25,33H,13-14H2,1-7H3,(H,28,34). The minimum absolute atomic E-state index is 0.0374. The number of thiazole rings is 1. The van der Waals surface area contributed by atoms with Gasteiger partial charge in [0.25, 0.3) is 5.91 Å². The minimum Gasteiger partial charge on any atom is -0.455 e. The molecule has 2 amide bonds. The van der Waals surface area contributed by atoms with Crippen LogP contribution in [0.25, 0.3) is 0 Å². The molecule has 9 heteroatoms. The maximum atomic E-state index is 12.8. The molecule has 1 heterocycles. The van der Waals surface area contributed by atoms with Crippen LogP contribution in [0, 0.1) is 11.8 Å². The molecule has 0 spiro atoms. The number of aliphatic hydroxyl groups is 1. The number of nitrogens with zero attached hydrogens (tertiary/aromatic N) is 2. The monoisotopic (exact) mass is 517 g/mol. The van der Waals surface area contributed by atoms with Gasteiger partial charge in [-0.3, -0.25) is 14.4 Å². The largest absolute Gasteiger partial charge is 0.455 e. The number of benzene rings is 1. The molecule has 0 fully saturated rings. The summed E-state index contributed by atoms with van der Waals surface area (Å²) < 4.78 is 5.60. The molecule has 2 aromatic rings. The van der Waals surface area contributed by atoms with E-state index in [4.69, 9.17) is 4.74 Å². The number of hydrogen-bond acceptors (Lipinski definition) is 7. The Labute approximate surface area is 218 Å². The first-order valence-corrected chi connectivity index (χ1v) is 13.2. The Morgan fingerprint density at radius 2 is 1.75 bits per heavy atom. The summed E-state index contributed by atoms with van der Waals surface area (Å²) in [5, 5.41) is 15.4. The third-order valence-corrected chi connectivity index (χ3v) is 6.95. The maximum Gasteiger partial charge on any atom is 0.303 e. The normalized spacial score (nSPS) is 14.7. The summed E-state index contributed by atoms with van der Waals surface area (Å²) in [5.74, 6) is -0.492. The van der Waals surface area contributed by atoms with Crippen molar-refractivity contribution in [1.82, 2.24) is 15.2 Å². The summed E-state index contributed by atoms with van der Waals surface area (Å²) in [6.07, 6.45) is -0.752. The molecule has 0 aliphatic heterocycles. The van der Waals surface area contributed by atoms with Crippen LogP contribution in [0.4, 0.5) is 0 Å². The molecule has 4 unspecified atom stereocenters. The summed E-state index contributed by atoms with van der Waals surface area (Å²) in [6.45, 7) is 11.1. The molecule has 0 bridgehead atoms. The van der Waals surface area contributed by atoms with Crippen LogP contribution in [0.2, 0.25) is 0 Å². The Bertz CT molecular complexity index is 1010. The van der Waals surface area contributed by atoms with Crippen LogP contribution >= 0.6 is 11.3 Å². The van der Waals surface area contributed by atoms with Crippen LogP contribution < -0.4 is 5.32 Å². The van der Waals surface area contributed by atoms with Crippen molar-refractivity contribution >= 4 is 29.1 Å². The lowest BCUT2D eigenvalue weighted by Crippen LogP contribution is -2.42. The molecule has 0 radical (unpaired) electrons. The summed E-state index contributed by atoms with van der Waals surface area (Å²) in [6, 6.07) is 8.39. The molecule has 198 valence electrons. The molecule has 2 rings (SSSR count). The van der Waals surface area contributed by atoms with Gasteiger partial charge in [-0.1, -0.05) is 58.0 Å². The number of carbonyl (C=O) groups excluding carboxylic acids is 3. The second kappa shape index (κ2) is 13.5. The lowest BCUT2D eigenvalue weighted by molar-refractivity contribution is -0.148. The number of carbonyl (C=O) groups is 3. The highest BCUT2D eigenvalue weighted by Crippen LogP contribution is 2.31. The lowest BCUT2D eigenvalue weighted by atomic mass is 9.95. The van der Waals surface area contributed by atoms with Gasteiger partial charge in [0, 0.05) is 38.2 Å². The fourth-order valence-corrected chi connectivity index (χ4v) is 4.85. The van der Waals surface area contributed by atoms with E-state index in [0.717, 1.165) is 0 Å². The van der Waals surface area contributed by atoms with Gasteiger partial charge < -0.3 is 20.1 Å². The van der Waals surface area contributed by atoms with Crippen molar-refractivity contribution < 1.29 is 24.2 Å². The fraction of sp³-hybridized carbons (Fsp3) is 0.556. The van der Waals surface area contributed by atoms with Crippen LogP contribution in [0.15, 0.2) is 35.7 Å². The summed E-state index contributed by atoms with van der Waals surface area (Å²) in [5.41, 5.74) is 0.889. The summed E-state index contributed by atoms with van der Waals surface area (Å²) >= 11 is 1.23. The molecule has 8 nitrogen and oxygen atoms in total. The Kier molecular flexibility index (Phi) is 11.0. The molecular formula is C27H39N3O5S. The zero-order valence-corrected chi connectivity index (χ0v) is 23.0. The highest BCUT2D eigenvalue weighted by atomic mass is 32.1. The van der Waals surface area contributed by atoms with Crippen molar-refractivity contribution in [1.29, 1.82) is 0 Å². The van der Waals surface area contributed by atoms with Gasteiger partial charge in [0.2, 0.25) is 5.91 Å².